The third-order valence-corrected chi connectivity index (χ3v) is 3.72. The van der Waals surface area contributed by atoms with E-state index in [9.17, 15) is 9.59 Å². The zero-order chi connectivity index (χ0) is 14.7. The van der Waals surface area contributed by atoms with Gasteiger partial charge in [-0.05, 0) is 36.8 Å². The van der Waals surface area contributed by atoms with E-state index in [4.69, 9.17) is 0 Å². The van der Waals surface area contributed by atoms with Crippen LogP contribution in [0.5, 0.6) is 0 Å². The minimum atomic E-state index is -0.382. The van der Waals surface area contributed by atoms with Gasteiger partial charge in [0.05, 0.1) is 0 Å². The molecule has 1 saturated heterocycles. The minimum absolute atomic E-state index is 0.120. The van der Waals surface area contributed by atoms with E-state index in [2.05, 4.69) is 43.4 Å². The van der Waals surface area contributed by atoms with E-state index in [-0.39, 0.29) is 18.0 Å². The van der Waals surface area contributed by atoms with Gasteiger partial charge in [0, 0.05) is 6.54 Å². The van der Waals surface area contributed by atoms with E-state index in [0.29, 0.717) is 12.5 Å². The number of urea groups is 1. The van der Waals surface area contributed by atoms with Gasteiger partial charge < -0.3 is 5.32 Å². The number of hydrogen-bond acceptors (Lipinski definition) is 2. The normalized spacial score (nSPS) is 18.8. The number of nitrogens with one attached hydrogen (secondary N) is 1. The molecule has 0 aromatic heterocycles. The average Bonchev–Trinajstić information content (AvgIpc) is 2.65. The summed E-state index contributed by atoms with van der Waals surface area (Å²) < 4.78 is 0. The van der Waals surface area contributed by atoms with Crippen LogP contribution in [0.2, 0.25) is 0 Å². The summed E-state index contributed by atoms with van der Waals surface area (Å²) >= 11 is 0. The summed E-state index contributed by atoms with van der Waals surface area (Å²) in [7, 11) is 0. The molecule has 0 spiro atoms. The first kappa shape index (κ1) is 14.6. The number of hydrogen-bond donors (Lipinski definition) is 1. The van der Waals surface area contributed by atoms with Crippen LogP contribution in [0.4, 0.5) is 4.79 Å². The van der Waals surface area contributed by atoms with Crippen molar-refractivity contribution in [3.8, 4) is 0 Å². The Morgan fingerprint density at radius 3 is 2.35 bits per heavy atom. The van der Waals surface area contributed by atoms with Crippen molar-refractivity contribution < 1.29 is 9.59 Å². The van der Waals surface area contributed by atoms with Crippen LogP contribution in [0.1, 0.15) is 44.2 Å². The van der Waals surface area contributed by atoms with Crippen LogP contribution in [-0.2, 0) is 11.2 Å². The zero-order valence-electron chi connectivity index (χ0n) is 12.3. The maximum atomic E-state index is 11.7. The molecule has 1 aliphatic rings. The van der Waals surface area contributed by atoms with E-state index in [1.807, 2.05) is 0 Å². The predicted octanol–water partition coefficient (Wildman–Crippen LogP) is 2.68. The third-order valence-electron chi connectivity index (χ3n) is 3.72. The molecule has 0 bridgehead atoms. The highest BCUT2D eigenvalue weighted by molar-refractivity contribution is 6.03. The van der Waals surface area contributed by atoms with Gasteiger partial charge in [0.2, 0.25) is 0 Å². The second kappa shape index (κ2) is 6.07. The highest BCUT2D eigenvalue weighted by Gasteiger charge is 2.34. The lowest BCUT2D eigenvalue weighted by atomic mass is 10.0. The number of carbonyl (C=O) groups excluding carboxylic acids is 2. The minimum Gasteiger partial charge on any atom is -0.326 e. The highest BCUT2D eigenvalue weighted by atomic mass is 16.2. The molecule has 0 aliphatic carbocycles. The molecule has 0 radical (unpaired) electrons. The summed E-state index contributed by atoms with van der Waals surface area (Å²) in [5.74, 6) is 0.418. The van der Waals surface area contributed by atoms with Gasteiger partial charge in [-0.2, -0.15) is 0 Å². The molecule has 1 heterocycles. The Kier molecular flexibility index (Phi) is 4.42. The fourth-order valence-corrected chi connectivity index (χ4v) is 2.38. The van der Waals surface area contributed by atoms with Crippen molar-refractivity contribution in [1.29, 1.82) is 0 Å². The molecule has 3 amide bonds. The van der Waals surface area contributed by atoms with Gasteiger partial charge in [0.25, 0.3) is 5.91 Å². The lowest BCUT2D eigenvalue weighted by Crippen LogP contribution is -2.32. The largest absolute Gasteiger partial charge is 0.326 e. The fraction of sp³-hybridized carbons (Fsp3) is 0.500. The molecule has 1 aromatic rings. The highest BCUT2D eigenvalue weighted by Crippen LogP contribution is 2.16. The second-order valence-corrected chi connectivity index (χ2v) is 5.66. The van der Waals surface area contributed by atoms with E-state index in [1.165, 1.54) is 16.0 Å². The van der Waals surface area contributed by atoms with Crippen molar-refractivity contribution in [3.63, 3.8) is 0 Å². The van der Waals surface area contributed by atoms with E-state index in [0.717, 1.165) is 12.8 Å². The van der Waals surface area contributed by atoms with Gasteiger partial charge in [-0.3, -0.25) is 9.69 Å². The molecule has 1 aliphatic heterocycles. The molecular weight excluding hydrogens is 252 g/mol. The van der Waals surface area contributed by atoms with Crippen LogP contribution in [-0.4, -0.2) is 29.4 Å². The number of aryl methyl sites for hydroxylation is 1. The maximum Gasteiger partial charge on any atom is 0.324 e. The van der Waals surface area contributed by atoms with E-state index >= 15 is 0 Å². The molecule has 0 unspecified atom stereocenters. The van der Waals surface area contributed by atoms with E-state index in [1.54, 1.807) is 6.92 Å². The Bertz CT molecular complexity index is 494. The van der Waals surface area contributed by atoms with Gasteiger partial charge in [0.1, 0.15) is 6.04 Å². The van der Waals surface area contributed by atoms with Crippen molar-refractivity contribution >= 4 is 11.9 Å². The quantitative estimate of drug-likeness (QED) is 0.839. The summed E-state index contributed by atoms with van der Waals surface area (Å²) in [6.07, 6.45) is 1.68. The maximum absolute atomic E-state index is 11.7. The monoisotopic (exact) mass is 274 g/mol. The molecule has 1 fully saturated rings. The number of benzene rings is 1. The van der Waals surface area contributed by atoms with Crippen LogP contribution in [0, 0.1) is 0 Å². The molecule has 1 N–H and O–H groups in total. The molecule has 2 rings (SSSR count). The Morgan fingerprint density at radius 1 is 1.20 bits per heavy atom. The summed E-state index contributed by atoms with van der Waals surface area (Å²) in [5, 5.41) is 2.62. The van der Waals surface area contributed by atoms with Crippen molar-refractivity contribution in [2.45, 2.75) is 45.6 Å². The molecule has 4 heteroatoms. The van der Waals surface area contributed by atoms with Crippen LogP contribution in [0.3, 0.4) is 0 Å². The van der Waals surface area contributed by atoms with E-state index < -0.39 is 0 Å². The molecule has 20 heavy (non-hydrogen) atoms. The van der Waals surface area contributed by atoms with Crippen LogP contribution in [0.15, 0.2) is 24.3 Å². The molecule has 0 saturated carbocycles. The first-order chi connectivity index (χ1) is 9.49. The third kappa shape index (κ3) is 3.18. The first-order valence-corrected chi connectivity index (χ1v) is 7.19. The van der Waals surface area contributed by atoms with Gasteiger partial charge >= 0.3 is 6.03 Å². The molecule has 4 nitrogen and oxygen atoms in total. The van der Waals surface area contributed by atoms with Crippen molar-refractivity contribution in [2.75, 3.05) is 6.54 Å². The van der Waals surface area contributed by atoms with Crippen molar-refractivity contribution in [2.24, 2.45) is 0 Å². The second-order valence-electron chi connectivity index (χ2n) is 5.66. The Morgan fingerprint density at radius 2 is 1.85 bits per heavy atom. The summed E-state index contributed by atoms with van der Waals surface area (Å²) in [5.41, 5.74) is 2.58. The fourth-order valence-electron chi connectivity index (χ4n) is 2.38. The first-order valence-electron chi connectivity index (χ1n) is 7.19. The summed E-state index contributed by atoms with van der Waals surface area (Å²) in [6, 6.07) is 7.91. The Hall–Kier alpha value is -1.84. The molecule has 1 aromatic carbocycles. The van der Waals surface area contributed by atoms with Crippen LogP contribution < -0.4 is 5.32 Å². The predicted molar refractivity (Wildman–Crippen MR) is 78.6 cm³/mol. The topological polar surface area (TPSA) is 49.4 Å². The number of amides is 3. The summed E-state index contributed by atoms with van der Waals surface area (Å²) in [6.45, 7) is 6.55. The summed E-state index contributed by atoms with van der Waals surface area (Å²) in [4.78, 5) is 24.6. The standard InChI is InChI=1S/C16H22N2O2/c1-11(2)14-8-6-13(7-9-14)5-4-10-18-15(19)12(3)17-16(18)20/h6-9,11-12H,4-5,10H2,1-3H3,(H,17,20)/t12-/m0/s1. The molecule has 1 atom stereocenters. The lowest BCUT2D eigenvalue weighted by Gasteiger charge is -2.12. The number of rotatable bonds is 5. The van der Waals surface area contributed by atoms with Crippen LogP contribution in [0.25, 0.3) is 0 Å². The molecule has 108 valence electrons. The lowest BCUT2D eigenvalue weighted by molar-refractivity contribution is -0.127. The van der Waals surface area contributed by atoms with Gasteiger partial charge in [-0.1, -0.05) is 38.1 Å². The number of nitrogens with zero attached hydrogens (tertiary/aromatic N) is 1. The smallest absolute Gasteiger partial charge is 0.324 e. The zero-order valence-corrected chi connectivity index (χ0v) is 12.3. The number of carbonyl (C=O) groups is 2. The van der Waals surface area contributed by atoms with Crippen LogP contribution >= 0.6 is 0 Å². The SMILES string of the molecule is CC(C)c1ccc(CCCN2C(=O)N[C@@H](C)C2=O)cc1. The van der Waals surface area contributed by atoms with Gasteiger partial charge in [-0.25, -0.2) is 4.79 Å². The van der Waals surface area contributed by atoms with Gasteiger partial charge in [-0.15, -0.1) is 0 Å². The molecular formula is C16H22N2O2. The number of imide groups is 1. The Labute approximate surface area is 120 Å². The van der Waals surface area contributed by atoms with Gasteiger partial charge in [0.15, 0.2) is 0 Å². The average molecular weight is 274 g/mol. The van der Waals surface area contributed by atoms with Crippen molar-refractivity contribution in [1.82, 2.24) is 10.2 Å². The van der Waals surface area contributed by atoms with Crippen molar-refractivity contribution in [3.05, 3.63) is 35.4 Å². The Balaban J connectivity index is 1.84.